The quantitative estimate of drug-likeness (QED) is 0.613. The van der Waals surface area contributed by atoms with Gasteiger partial charge in [-0.05, 0) is 19.4 Å². The predicted octanol–water partition coefficient (Wildman–Crippen LogP) is 1.30. The first kappa shape index (κ1) is 10.8. The van der Waals surface area contributed by atoms with Crippen molar-refractivity contribution < 1.29 is 18.3 Å². The molecule has 2 N–H and O–H groups in total. The van der Waals surface area contributed by atoms with Crippen molar-refractivity contribution in [2.45, 2.75) is 31.5 Å². The van der Waals surface area contributed by atoms with Crippen LogP contribution in [0.25, 0.3) is 0 Å². The van der Waals surface area contributed by atoms with Crippen LogP contribution in [-0.4, -0.2) is 30.0 Å². The van der Waals surface area contributed by atoms with Crippen LogP contribution in [0.4, 0.5) is 13.2 Å². The van der Waals surface area contributed by atoms with E-state index in [0.29, 0.717) is 13.0 Å². The number of alkyl halides is 3. The molecule has 0 aromatic rings. The van der Waals surface area contributed by atoms with Crippen molar-refractivity contribution in [3.05, 3.63) is 0 Å². The highest BCUT2D eigenvalue weighted by atomic mass is 19.4. The Labute approximate surface area is 75.1 Å². The molecule has 0 aliphatic carbocycles. The van der Waals surface area contributed by atoms with Crippen molar-refractivity contribution in [2.75, 3.05) is 13.1 Å². The number of aliphatic hydroxyl groups is 1. The molecule has 1 aliphatic heterocycles. The lowest BCUT2D eigenvalue weighted by atomic mass is 9.85. The van der Waals surface area contributed by atoms with Gasteiger partial charge >= 0.3 is 6.18 Å². The highest BCUT2D eigenvalue weighted by Crippen LogP contribution is 2.40. The second-order valence-corrected chi connectivity index (χ2v) is 3.63. The molecule has 13 heavy (non-hydrogen) atoms. The normalized spacial score (nSPS) is 37.2. The van der Waals surface area contributed by atoms with E-state index in [4.69, 9.17) is 0 Å². The van der Waals surface area contributed by atoms with Crippen molar-refractivity contribution in [1.29, 1.82) is 0 Å². The number of nitrogens with one attached hydrogen (secondary N) is 1. The molecule has 0 saturated carbocycles. The molecule has 1 heterocycles. The fourth-order valence-electron chi connectivity index (χ4n) is 1.64. The van der Waals surface area contributed by atoms with E-state index in [1.54, 1.807) is 0 Å². The Morgan fingerprint density at radius 2 is 2.08 bits per heavy atom. The Morgan fingerprint density at radius 3 is 2.62 bits per heavy atom. The maximum atomic E-state index is 12.5. The molecule has 1 rings (SSSR count). The van der Waals surface area contributed by atoms with Gasteiger partial charge in [-0.3, -0.25) is 0 Å². The zero-order chi connectivity index (χ0) is 10.1. The average molecular weight is 197 g/mol. The lowest BCUT2D eigenvalue weighted by molar-refractivity contribution is -0.278. The lowest BCUT2D eigenvalue weighted by Gasteiger charge is -2.34. The van der Waals surface area contributed by atoms with Crippen LogP contribution < -0.4 is 5.32 Å². The van der Waals surface area contributed by atoms with E-state index in [1.807, 2.05) is 0 Å². The molecule has 0 aromatic carbocycles. The summed E-state index contributed by atoms with van der Waals surface area (Å²) in [6.07, 6.45) is -4.36. The van der Waals surface area contributed by atoms with Crippen molar-refractivity contribution in [3.63, 3.8) is 0 Å². The second-order valence-electron chi connectivity index (χ2n) is 3.63. The third-order valence-corrected chi connectivity index (χ3v) is 2.67. The summed E-state index contributed by atoms with van der Waals surface area (Å²) >= 11 is 0. The third kappa shape index (κ3) is 1.96. The van der Waals surface area contributed by atoms with Gasteiger partial charge in [-0.25, -0.2) is 0 Å². The van der Waals surface area contributed by atoms with Crippen LogP contribution in [-0.2, 0) is 0 Å². The zero-order valence-corrected chi connectivity index (χ0v) is 7.49. The van der Waals surface area contributed by atoms with Crippen LogP contribution in [0.1, 0.15) is 19.8 Å². The molecule has 0 spiro atoms. The first-order valence-corrected chi connectivity index (χ1v) is 4.38. The maximum Gasteiger partial charge on any atom is 0.417 e. The van der Waals surface area contributed by atoms with Crippen LogP contribution in [0.2, 0.25) is 0 Å². The Kier molecular flexibility index (Phi) is 2.87. The van der Waals surface area contributed by atoms with Crippen molar-refractivity contribution in [2.24, 2.45) is 5.92 Å². The van der Waals surface area contributed by atoms with Gasteiger partial charge in [0.15, 0.2) is 5.60 Å². The van der Waals surface area contributed by atoms with Crippen molar-refractivity contribution in [3.8, 4) is 0 Å². The minimum atomic E-state index is -4.52. The topological polar surface area (TPSA) is 32.3 Å². The van der Waals surface area contributed by atoms with E-state index in [2.05, 4.69) is 5.32 Å². The van der Waals surface area contributed by atoms with Gasteiger partial charge in [0.25, 0.3) is 0 Å². The van der Waals surface area contributed by atoms with Crippen molar-refractivity contribution in [1.82, 2.24) is 5.32 Å². The summed E-state index contributed by atoms with van der Waals surface area (Å²) in [6.45, 7) is 2.19. The summed E-state index contributed by atoms with van der Waals surface area (Å²) < 4.78 is 37.4. The van der Waals surface area contributed by atoms with Gasteiger partial charge in [-0.2, -0.15) is 13.2 Å². The van der Waals surface area contributed by atoms with Gasteiger partial charge < -0.3 is 10.4 Å². The second kappa shape index (κ2) is 3.46. The van der Waals surface area contributed by atoms with E-state index in [0.717, 1.165) is 0 Å². The van der Waals surface area contributed by atoms with E-state index in [1.165, 1.54) is 6.92 Å². The van der Waals surface area contributed by atoms with Gasteiger partial charge in [0.05, 0.1) is 0 Å². The van der Waals surface area contributed by atoms with Crippen LogP contribution in [0, 0.1) is 5.92 Å². The summed E-state index contributed by atoms with van der Waals surface area (Å²) in [4.78, 5) is 0. The van der Waals surface area contributed by atoms with E-state index >= 15 is 0 Å². The highest BCUT2D eigenvalue weighted by molar-refractivity contribution is 4.93. The van der Waals surface area contributed by atoms with Gasteiger partial charge in [-0.15, -0.1) is 0 Å². The van der Waals surface area contributed by atoms with Crippen LogP contribution in [0.5, 0.6) is 0 Å². The largest absolute Gasteiger partial charge is 0.417 e. The summed E-state index contributed by atoms with van der Waals surface area (Å²) in [6, 6.07) is 0. The van der Waals surface area contributed by atoms with Crippen LogP contribution in [0.3, 0.4) is 0 Å². The Balaban J connectivity index is 2.83. The van der Waals surface area contributed by atoms with Crippen LogP contribution in [0.15, 0.2) is 0 Å². The SMILES string of the molecule is C[C@@H]1CNCCC[C@]1(O)C(F)(F)F. The molecule has 5 heteroatoms. The van der Waals surface area contributed by atoms with Gasteiger partial charge in [0, 0.05) is 12.5 Å². The van der Waals surface area contributed by atoms with E-state index in [9.17, 15) is 18.3 Å². The molecule has 0 aromatic heterocycles. The molecule has 1 aliphatic rings. The summed E-state index contributed by atoms with van der Waals surface area (Å²) in [5.41, 5.74) is -2.50. The average Bonchev–Trinajstić information content (AvgIpc) is 2.14. The lowest BCUT2D eigenvalue weighted by Crippen LogP contribution is -2.51. The number of hydrogen-bond donors (Lipinski definition) is 2. The minimum absolute atomic E-state index is 0.204. The summed E-state index contributed by atoms with van der Waals surface area (Å²) in [5, 5.41) is 12.4. The van der Waals surface area contributed by atoms with Crippen molar-refractivity contribution >= 4 is 0 Å². The molecule has 2 nitrogen and oxygen atoms in total. The van der Waals surface area contributed by atoms with Crippen LogP contribution >= 0.6 is 0 Å². The fraction of sp³-hybridized carbons (Fsp3) is 1.00. The molecule has 0 bridgehead atoms. The number of halogens is 3. The number of hydrogen-bond acceptors (Lipinski definition) is 2. The fourth-order valence-corrected chi connectivity index (χ4v) is 1.64. The van der Waals surface area contributed by atoms with E-state index in [-0.39, 0.29) is 13.0 Å². The molecule has 0 unspecified atom stereocenters. The minimum Gasteiger partial charge on any atom is -0.380 e. The summed E-state index contributed by atoms with van der Waals surface area (Å²) in [5.74, 6) is -0.782. The molecule has 78 valence electrons. The first-order valence-electron chi connectivity index (χ1n) is 4.38. The van der Waals surface area contributed by atoms with Gasteiger partial charge in [0.1, 0.15) is 0 Å². The number of rotatable bonds is 0. The molecule has 0 amide bonds. The molecular formula is C8H14F3NO. The first-order chi connectivity index (χ1) is 5.88. The van der Waals surface area contributed by atoms with Gasteiger partial charge in [0.2, 0.25) is 0 Å². The zero-order valence-electron chi connectivity index (χ0n) is 7.49. The Bertz CT molecular complexity index is 183. The molecule has 2 atom stereocenters. The monoisotopic (exact) mass is 197 g/mol. The molecule has 0 radical (unpaired) electrons. The summed E-state index contributed by atoms with van der Waals surface area (Å²) in [7, 11) is 0. The molecule has 1 saturated heterocycles. The maximum absolute atomic E-state index is 12.5. The van der Waals surface area contributed by atoms with Gasteiger partial charge in [-0.1, -0.05) is 6.92 Å². The standard InChI is InChI=1S/C8H14F3NO/c1-6-5-12-4-2-3-7(6,13)8(9,10)11/h6,12-13H,2-5H2,1H3/t6-,7-/m1/s1. The molecular weight excluding hydrogens is 183 g/mol. The molecule has 1 fully saturated rings. The Morgan fingerprint density at radius 1 is 1.46 bits per heavy atom. The third-order valence-electron chi connectivity index (χ3n) is 2.67. The van der Waals surface area contributed by atoms with E-state index < -0.39 is 17.7 Å². The smallest absolute Gasteiger partial charge is 0.380 e. The predicted molar refractivity (Wildman–Crippen MR) is 42.3 cm³/mol. The highest BCUT2D eigenvalue weighted by Gasteiger charge is 2.56. The Hall–Kier alpha value is -0.290.